The van der Waals surface area contributed by atoms with E-state index in [0.717, 1.165) is 0 Å². The highest BCUT2D eigenvalue weighted by molar-refractivity contribution is 7.24. The van der Waals surface area contributed by atoms with Gasteiger partial charge in [0.25, 0.3) is 0 Å². The maximum absolute atomic E-state index is 2.37. The Balaban J connectivity index is 1.51. The quantitative estimate of drug-likeness (QED) is 0.249. The van der Waals surface area contributed by atoms with Crippen molar-refractivity contribution in [1.29, 1.82) is 0 Å². The molecule has 0 aliphatic heterocycles. The molecule has 4 aromatic heterocycles. The lowest BCUT2D eigenvalue weighted by molar-refractivity contribution is 1.41. The van der Waals surface area contributed by atoms with Gasteiger partial charge >= 0.3 is 0 Å². The van der Waals surface area contributed by atoms with Crippen molar-refractivity contribution in [3.8, 4) is 40.4 Å². The summed E-state index contributed by atoms with van der Waals surface area (Å²) < 4.78 is 0. The van der Waals surface area contributed by atoms with Crippen LogP contribution in [0.15, 0.2) is 59.3 Å². The lowest BCUT2D eigenvalue weighted by Crippen LogP contribution is -1.87. The van der Waals surface area contributed by atoms with Gasteiger partial charge in [-0.25, -0.2) is 0 Å². The van der Waals surface area contributed by atoms with Crippen molar-refractivity contribution in [3.05, 3.63) is 81.5 Å². The average Bonchev–Trinajstić information content (AvgIpc) is 3.49. The molecule has 0 aliphatic rings. The van der Waals surface area contributed by atoms with Crippen molar-refractivity contribution in [2.75, 3.05) is 0 Å². The SMILES string of the molecule is Cc1cc(-c2ccc(-c3sccc3C)s2)c(C)cc1-c1ccc(-c2sccc2C)s1. The molecular weight excluding hydrogens is 441 g/mol. The van der Waals surface area contributed by atoms with Crippen molar-refractivity contribution >= 4 is 45.3 Å². The molecule has 150 valence electrons. The zero-order chi connectivity index (χ0) is 20.8. The largest absolute Gasteiger partial charge is 0.143 e. The molecule has 1 aromatic carbocycles. The first-order chi connectivity index (χ1) is 14.5. The van der Waals surface area contributed by atoms with E-state index >= 15 is 0 Å². The molecule has 5 aromatic rings. The lowest BCUT2D eigenvalue weighted by Gasteiger charge is -2.10. The molecule has 0 fully saturated rings. The molecule has 0 spiro atoms. The van der Waals surface area contributed by atoms with E-state index in [1.807, 2.05) is 45.3 Å². The molecule has 0 N–H and O–H groups in total. The third-order valence-electron chi connectivity index (χ3n) is 5.49. The van der Waals surface area contributed by atoms with Gasteiger partial charge in [-0.15, -0.1) is 45.3 Å². The van der Waals surface area contributed by atoms with E-state index in [0.29, 0.717) is 0 Å². The van der Waals surface area contributed by atoms with E-state index in [1.54, 1.807) is 0 Å². The lowest BCUT2D eigenvalue weighted by atomic mass is 9.98. The molecule has 0 unspecified atom stereocenters. The topological polar surface area (TPSA) is 0 Å². The van der Waals surface area contributed by atoms with Gasteiger partial charge in [0.15, 0.2) is 0 Å². The molecule has 0 bridgehead atoms. The highest BCUT2D eigenvalue weighted by Crippen LogP contribution is 2.43. The number of aryl methyl sites for hydroxylation is 4. The maximum atomic E-state index is 2.37. The number of hydrogen-bond donors (Lipinski definition) is 0. The molecule has 30 heavy (non-hydrogen) atoms. The average molecular weight is 463 g/mol. The molecule has 0 aliphatic carbocycles. The second-order valence-corrected chi connectivity index (χ2v) is 11.7. The van der Waals surface area contributed by atoms with Crippen LogP contribution in [0.3, 0.4) is 0 Å². The van der Waals surface area contributed by atoms with Gasteiger partial charge in [0.2, 0.25) is 0 Å². The minimum absolute atomic E-state index is 1.34. The zero-order valence-electron chi connectivity index (χ0n) is 17.4. The molecule has 0 nitrogen and oxygen atoms in total. The molecule has 4 heteroatoms. The molecule has 0 atom stereocenters. The minimum atomic E-state index is 1.34. The molecule has 0 amide bonds. The van der Waals surface area contributed by atoms with Gasteiger partial charge in [-0.1, -0.05) is 0 Å². The predicted molar refractivity (Wildman–Crippen MR) is 139 cm³/mol. The van der Waals surface area contributed by atoms with Gasteiger partial charge in [-0.3, -0.25) is 0 Å². The fraction of sp³-hybridized carbons (Fsp3) is 0.154. The van der Waals surface area contributed by atoms with Crippen LogP contribution in [0, 0.1) is 27.7 Å². The van der Waals surface area contributed by atoms with E-state index in [2.05, 4.69) is 87.0 Å². The van der Waals surface area contributed by atoms with Crippen LogP contribution >= 0.6 is 45.3 Å². The van der Waals surface area contributed by atoms with Crippen LogP contribution < -0.4 is 0 Å². The maximum Gasteiger partial charge on any atom is 0.0471 e. The Labute approximate surface area is 194 Å². The minimum Gasteiger partial charge on any atom is -0.143 e. The molecule has 5 rings (SSSR count). The standard InChI is InChI=1S/C26H22S4/c1-15-9-11-27-25(15)23-7-5-21(29-23)19-13-18(4)20(14-17(19)3)22-6-8-24(30-22)26-16(2)10-12-28-26/h5-14H,1-4H3. The Bertz CT molecular complexity index is 1230. The Hall–Kier alpha value is -1.98. The van der Waals surface area contributed by atoms with Gasteiger partial charge in [-0.05, 0) is 120 Å². The summed E-state index contributed by atoms with van der Waals surface area (Å²) in [7, 11) is 0. The Morgan fingerprint density at radius 2 is 0.867 bits per heavy atom. The first kappa shape index (κ1) is 20.0. The second kappa shape index (κ2) is 7.93. The summed E-state index contributed by atoms with van der Waals surface area (Å²) in [5.41, 5.74) is 8.13. The van der Waals surface area contributed by atoms with Gasteiger partial charge < -0.3 is 0 Å². The smallest absolute Gasteiger partial charge is 0.0471 e. The summed E-state index contributed by atoms with van der Waals surface area (Å²) in [5, 5.41) is 4.36. The zero-order valence-corrected chi connectivity index (χ0v) is 20.7. The van der Waals surface area contributed by atoms with Crippen LogP contribution in [0.1, 0.15) is 22.3 Å². The van der Waals surface area contributed by atoms with Crippen LogP contribution in [0.4, 0.5) is 0 Å². The molecule has 0 saturated carbocycles. The third-order valence-corrected chi connectivity index (χ3v) is 10.1. The Morgan fingerprint density at radius 1 is 0.467 bits per heavy atom. The Morgan fingerprint density at radius 3 is 1.23 bits per heavy atom. The highest BCUT2D eigenvalue weighted by Gasteiger charge is 2.14. The molecule has 0 radical (unpaired) electrons. The number of hydrogen-bond acceptors (Lipinski definition) is 4. The van der Waals surface area contributed by atoms with Gasteiger partial charge in [-0.2, -0.15) is 0 Å². The van der Waals surface area contributed by atoms with Gasteiger partial charge in [0.05, 0.1) is 0 Å². The van der Waals surface area contributed by atoms with E-state index in [-0.39, 0.29) is 0 Å². The van der Waals surface area contributed by atoms with Crippen molar-refractivity contribution in [2.24, 2.45) is 0 Å². The first-order valence-corrected chi connectivity index (χ1v) is 13.3. The van der Waals surface area contributed by atoms with Crippen molar-refractivity contribution < 1.29 is 0 Å². The van der Waals surface area contributed by atoms with E-state index in [4.69, 9.17) is 0 Å². The summed E-state index contributed by atoms with van der Waals surface area (Å²) in [6.45, 7) is 8.88. The summed E-state index contributed by atoms with van der Waals surface area (Å²) in [5.74, 6) is 0. The van der Waals surface area contributed by atoms with Crippen LogP contribution in [-0.2, 0) is 0 Å². The van der Waals surface area contributed by atoms with Crippen LogP contribution in [-0.4, -0.2) is 0 Å². The monoisotopic (exact) mass is 462 g/mol. The summed E-state index contributed by atoms with van der Waals surface area (Å²) in [4.78, 5) is 8.23. The van der Waals surface area contributed by atoms with Gasteiger partial charge in [0.1, 0.15) is 0 Å². The second-order valence-electron chi connectivity index (χ2n) is 7.68. The van der Waals surface area contributed by atoms with Crippen LogP contribution in [0.2, 0.25) is 0 Å². The van der Waals surface area contributed by atoms with Crippen molar-refractivity contribution in [2.45, 2.75) is 27.7 Å². The molecule has 0 saturated heterocycles. The first-order valence-electron chi connectivity index (χ1n) is 9.92. The predicted octanol–water partition coefficient (Wildman–Crippen LogP) is 9.83. The number of rotatable bonds is 4. The van der Waals surface area contributed by atoms with E-state index < -0.39 is 0 Å². The van der Waals surface area contributed by atoms with E-state index in [9.17, 15) is 0 Å². The summed E-state index contributed by atoms with van der Waals surface area (Å²) >= 11 is 7.47. The normalized spacial score (nSPS) is 11.3. The molecular formula is C26H22S4. The van der Waals surface area contributed by atoms with Gasteiger partial charge in [0, 0.05) is 29.3 Å². The van der Waals surface area contributed by atoms with Crippen molar-refractivity contribution in [1.82, 2.24) is 0 Å². The summed E-state index contributed by atoms with van der Waals surface area (Å²) in [6.07, 6.45) is 0. The Kier molecular flexibility index (Phi) is 5.28. The number of thiophene rings is 4. The molecule has 4 heterocycles. The van der Waals surface area contributed by atoms with Crippen LogP contribution in [0.25, 0.3) is 40.4 Å². The van der Waals surface area contributed by atoms with E-state index in [1.165, 1.54) is 62.6 Å². The highest BCUT2D eigenvalue weighted by atomic mass is 32.1. The van der Waals surface area contributed by atoms with Crippen LogP contribution in [0.5, 0.6) is 0 Å². The third kappa shape index (κ3) is 3.52. The summed E-state index contributed by atoms with van der Waals surface area (Å²) in [6, 6.07) is 18.3. The van der Waals surface area contributed by atoms with Crippen molar-refractivity contribution in [3.63, 3.8) is 0 Å². The fourth-order valence-corrected chi connectivity index (χ4v) is 8.22. The number of benzene rings is 1. The fourth-order valence-electron chi connectivity index (χ4n) is 3.81.